The van der Waals surface area contributed by atoms with Gasteiger partial charge in [-0.05, 0) is 53.7 Å². The van der Waals surface area contributed by atoms with Crippen molar-refractivity contribution >= 4 is 23.5 Å². The molecule has 1 atom stereocenters. The summed E-state index contributed by atoms with van der Waals surface area (Å²) in [5, 5.41) is 11.9. The summed E-state index contributed by atoms with van der Waals surface area (Å²) in [7, 11) is 0. The summed E-state index contributed by atoms with van der Waals surface area (Å²) in [5.74, 6) is -1.23. The molecular weight excluding hydrogens is 390 g/mol. The molecule has 0 spiro atoms. The third-order valence-electron chi connectivity index (χ3n) is 3.81. The molecule has 2 aromatic rings. The molecule has 0 saturated heterocycles. The summed E-state index contributed by atoms with van der Waals surface area (Å²) < 4.78 is 12.2. The third kappa shape index (κ3) is 6.75. The van der Waals surface area contributed by atoms with E-state index in [-0.39, 0.29) is 12.8 Å². The van der Waals surface area contributed by atoms with Crippen molar-refractivity contribution in [1.82, 2.24) is 14.7 Å². The molecule has 30 heavy (non-hydrogen) atoms. The number of carboxylic acid groups (broad SMARTS) is 1. The minimum Gasteiger partial charge on any atom is -0.480 e. The predicted molar refractivity (Wildman–Crippen MR) is 109 cm³/mol. The Bertz CT molecular complexity index is 936. The second-order valence-corrected chi connectivity index (χ2v) is 8.94. The van der Waals surface area contributed by atoms with Crippen LogP contribution in [0.5, 0.6) is 0 Å². The number of fused-ring (bicyclic) bond motifs is 1. The van der Waals surface area contributed by atoms with Crippen molar-refractivity contribution in [1.29, 1.82) is 0 Å². The zero-order chi connectivity index (χ0) is 22.7. The molecule has 1 amide bonds. The van der Waals surface area contributed by atoms with Crippen molar-refractivity contribution in [3.05, 3.63) is 35.9 Å². The maximum Gasteiger partial charge on any atom is 0.408 e. The lowest BCUT2D eigenvalue weighted by atomic mass is 10.1. The molecule has 9 heteroatoms. The lowest BCUT2D eigenvalue weighted by molar-refractivity contribution is -0.154. The Kier molecular flexibility index (Phi) is 6.74. The van der Waals surface area contributed by atoms with Crippen LogP contribution in [0.25, 0.3) is 5.52 Å². The number of alkyl carbamates (subject to hydrolysis) is 1. The van der Waals surface area contributed by atoms with Crippen LogP contribution in [0.2, 0.25) is 0 Å². The van der Waals surface area contributed by atoms with Gasteiger partial charge in [-0.1, -0.05) is 6.07 Å². The van der Waals surface area contributed by atoms with Crippen molar-refractivity contribution in [3.8, 4) is 0 Å². The fourth-order valence-corrected chi connectivity index (χ4v) is 2.80. The van der Waals surface area contributed by atoms with Gasteiger partial charge in [-0.15, -0.1) is 0 Å². The SMILES string of the molecule is CC(C)(C)OC(=O)Cc1nc(C[C@H](NC(=O)OC(C)(C)C)C(=O)O)c2ccccn12. The number of imidazole rings is 1. The number of ether oxygens (including phenoxy) is 2. The Labute approximate surface area is 175 Å². The summed E-state index contributed by atoms with van der Waals surface area (Å²) in [6.45, 7) is 10.4. The highest BCUT2D eigenvalue weighted by atomic mass is 16.6. The van der Waals surface area contributed by atoms with Crippen LogP contribution < -0.4 is 5.32 Å². The number of esters is 1. The highest BCUT2D eigenvalue weighted by Crippen LogP contribution is 2.17. The second-order valence-electron chi connectivity index (χ2n) is 8.94. The Hall–Kier alpha value is -3.10. The Morgan fingerprint density at radius 2 is 1.73 bits per heavy atom. The first-order valence-corrected chi connectivity index (χ1v) is 9.64. The van der Waals surface area contributed by atoms with Crippen molar-refractivity contribution in [2.75, 3.05) is 0 Å². The van der Waals surface area contributed by atoms with Gasteiger partial charge in [0.15, 0.2) is 0 Å². The topological polar surface area (TPSA) is 119 Å². The van der Waals surface area contributed by atoms with E-state index in [0.29, 0.717) is 17.0 Å². The van der Waals surface area contributed by atoms with E-state index in [1.165, 1.54) is 0 Å². The number of carbonyl (C=O) groups excluding carboxylic acids is 2. The zero-order valence-electron chi connectivity index (χ0n) is 18.2. The molecule has 0 aliphatic rings. The fourth-order valence-electron chi connectivity index (χ4n) is 2.80. The standard InChI is InChI=1S/C21H29N3O6/c1-20(2,3)29-17(25)12-16-22-13(15-9-7-8-10-24(15)16)11-14(18(26)27)23-19(28)30-21(4,5)6/h7-10,14H,11-12H2,1-6H3,(H,23,28)(H,26,27)/t14-/m0/s1. The van der Waals surface area contributed by atoms with Gasteiger partial charge in [0, 0.05) is 12.6 Å². The molecule has 0 bridgehead atoms. The number of nitrogens with zero attached hydrogens (tertiary/aromatic N) is 2. The number of carbonyl (C=O) groups is 3. The largest absolute Gasteiger partial charge is 0.480 e. The molecule has 2 aromatic heterocycles. The van der Waals surface area contributed by atoms with Gasteiger partial charge in [0.2, 0.25) is 0 Å². The van der Waals surface area contributed by atoms with Gasteiger partial charge in [-0.2, -0.15) is 0 Å². The quantitative estimate of drug-likeness (QED) is 0.691. The Morgan fingerprint density at radius 1 is 1.10 bits per heavy atom. The van der Waals surface area contributed by atoms with Crippen LogP contribution in [0.3, 0.4) is 0 Å². The summed E-state index contributed by atoms with van der Waals surface area (Å²) >= 11 is 0. The number of hydrogen-bond donors (Lipinski definition) is 2. The molecule has 0 fully saturated rings. The van der Waals surface area contributed by atoms with Crippen LogP contribution in [0.15, 0.2) is 24.4 Å². The average Bonchev–Trinajstić information content (AvgIpc) is 2.88. The van der Waals surface area contributed by atoms with E-state index >= 15 is 0 Å². The normalized spacial score (nSPS) is 13.0. The highest BCUT2D eigenvalue weighted by Gasteiger charge is 2.27. The first kappa shape index (κ1) is 23.2. The van der Waals surface area contributed by atoms with Gasteiger partial charge in [0.1, 0.15) is 29.5 Å². The molecule has 0 aliphatic carbocycles. The molecule has 9 nitrogen and oxygen atoms in total. The molecule has 2 heterocycles. The molecule has 164 valence electrons. The van der Waals surface area contributed by atoms with E-state index in [0.717, 1.165) is 0 Å². The van der Waals surface area contributed by atoms with Crippen molar-refractivity contribution in [2.45, 2.75) is 71.6 Å². The number of hydrogen-bond acceptors (Lipinski definition) is 6. The van der Waals surface area contributed by atoms with Crippen LogP contribution in [0.4, 0.5) is 4.79 Å². The number of rotatable bonds is 6. The number of nitrogens with one attached hydrogen (secondary N) is 1. The van der Waals surface area contributed by atoms with Crippen molar-refractivity contribution in [2.24, 2.45) is 0 Å². The van der Waals surface area contributed by atoms with Gasteiger partial charge >= 0.3 is 18.0 Å². The maximum atomic E-state index is 12.2. The molecule has 2 rings (SSSR count). The average molecular weight is 419 g/mol. The molecular formula is C21H29N3O6. The van der Waals surface area contributed by atoms with Gasteiger partial charge < -0.3 is 24.3 Å². The predicted octanol–water partition coefficient (Wildman–Crippen LogP) is 2.74. The van der Waals surface area contributed by atoms with Crippen LogP contribution in [-0.2, 0) is 31.9 Å². The van der Waals surface area contributed by atoms with Gasteiger partial charge in [-0.25, -0.2) is 14.6 Å². The van der Waals surface area contributed by atoms with Crippen molar-refractivity contribution < 1.29 is 29.0 Å². The molecule has 0 aromatic carbocycles. The highest BCUT2D eigenvalue weighted by molar-refractivity contribution is 5.80. The van der Waals surface area contributed by atoms with Crippen LogP contribution in [-0.4, -0.2) is 49.8 Å². The maximum absolute atomic E-state index is 12.2. The monoisotopic (exact) mass is 419 g/mol. The molecule has 0 radical (unpaired) electrons. The van der Waals surface area contributed by atoms with Gasteiger partial charge in [-0.3, -0.25) is 4.79 Å². The number of aliphatic carboxylic acids is 1. The minimum atomic E-state index is -1.24. The molecule has 0 unspecified atom stereocenters. The van der Waals surface area contributed by atoms with E-state index in [4.69, 9.17) is 9.47 Å². The number of amides is 1. The van der Waals surface area contributed by atoms with E-state index in [2.05, 4.69) is 10.3 Å². The first-order valence-electron chi connectivity index (χ1n) is 9.64. The number of carboxylic acids is 1. The van der Waals surface area contributed by atoms with E-state index < -0.39 is 35.3 Å². The van der Waals surface area contributed by atoms with Crippen molar-refractivity contribution in [3.63, 3.8) is 0 Å². The number of pyridine rings is 1. The minimum absolute atomic E-state index is 0.0698. The Balaban J connectivity index is 2.26. The van der Waals surface area contributed by atoms with E-state index in [1.54, 1.807) is 70.3 Å². The number of aromatic nitrogens is 2. The van der Waals surface area contributed by atoms with Gasteiger partial charge in [0.05, 0.1) is 11.2 Å². The lowest BCUT2D eigenvalue weighted by Crippen LogP contribution is -2.44. The Morgan fingerprint density at radius 3 is 2.30 bits per heavy atom. The summed E-state index contributed by atoms with van der Waals surface area (Å²) in [6, 6.07) is 4.10. The molecule has 0 aliphatic heterocycles. The summed E-state index contributed by atoms with van der Waals surface area (Å²) in [6.07, 6.45) is 0.769. The van der Waals surface area contributed by atoms with Gasteiger partial charge in [0.25, 0.3) is 0 Å². The third-order valence-corrected chi connectivity index (χ3v) is 3.81. The first-order chi connectivity index (χ1) is 13.7. The zero-order valence-corrected chi connectivity index (χ0v) is 18.2. The molecule has 2 N–H and O–H groups in total. The van der Waals surface area contributed by atoms with Crippen LogP contribution in [0, 0.1) is 0 Å². The smallest absolute Gasteiger partial charge is 0.408 e. The summed E-state index contributed by atoms with van der Waals surface area (Å²) in [4.78, 5) is 40.4. The fraction of sp³-hybridized carbons (Fsp3) is 0.524. The van der Waals surface area contributed by atoms with Crippen LogP contribution in [0.1, 0.15) is 53.1 Å². The second kappa shape index (κ2) is 8.73. The summed E-state index contributed by atoms with van der Waals surface area (Å²) in [5.41, 5.74) is -0.293. The lowest BCUT2D eigenvalue weighted by Gasteiger charge is -2.21. The molecule has 0 saturated carbocycles. The van der Waals surface area contributed by atoms with Crippen LogP contribution >= 0.6 is 0 Å². The van der Waals surface area contributed by atoms with E-state index in [1.807, 2.05) is 0 Å². The van der Waals surface area contributed by atoms with E-state index in [9.17, 15) is 19.5 Å².